The number of carbonyl (C=O) groups excluding carboxylic acids is 1. The van der Waals surface area contributed by atoms with Gasteiger partial charge in [0.1, 0.15) is 30.5 Å². The van der Waals surface area contributed by atoms with Crippen LogP contribution in [0.3, 0.4) is 0 Å². The van der Waals surface area contributed by atoms with Crippen LogP contribution < -0.4 is 9.47 Å². The fourth-order valence-electron chi connectivity index (χ4n) is 3.77. The smallest absolute Gasteiger partial charge is 0.330 e. The third kappa shape index (κ3) is 5.01. The van der Waals surface area contributed by atoms with Crippen LogP contribution in [0.4, 0.5) is 0 Å². The van der Waals surface area contributed by atoms with Crippen LogP contribution in [0.1, 0.15) is 11.1 Å². The second-order valence-electron chi connectivity index (χ2n) is 7.29. The predicted molar refractivity (Wildman–Crippen MR) is 124 cm³/mol. The number of carbonyl (C=O) groups is 1. The Morgan fingerprint density at radius 2 is 1.44 bits per heavy atom. The Kier molecular flexibility index (Phi) is 7.20. The minimum Gasteiger partial charge on any atom is -0.490 e. The van der Waals surface area contributed by atoms with E-state index in [2.05, 4.69) is 30.9 Å². The van der Waals surface area contributed by atoms with Gasteiger partial charge in [-0.2, -0.15) is 0 Å². The summed E-state index contributed by atoms with van der Waals surface area (Å²) in [5.74, 6) is 2.13. The first-order valence-corrected chi connectivity index (χ1v) is 10.7. The van der Waals surface area contributed by atoms with Gasteiger partial charge >= 0.3 is 5.97 Å². The van der Waals surface area contributed by atoms with Crippen molar-refractivity contribution in [2.45, 2.75) is 12.8 Å². The zero-order chi connectivity index (χ0) is 22.2. The van der Waals surface area contributed by atoms with Gasteiger partial charge in [-0.25, -0.2) is 4.79 Å². The first-order valence-electron chi connectivity index (χ1n) is 10.7. The van der Waals surface area contributed by atoms with Gasteiger partial charge in [-0.05, 0) is 25.0 Å². The average molecular weight is 431 g/mol. The second kappa shape index (κ2) is 10.6. The maximum atomic E-state index is 11.1. The number of allylic oxidation sites excluding steroid dienone is 2. The molecule has 0 bridgehead atoms. The fraction of sp³-hybridized carbons (Fsp3) is 0.222. The molecular formula is C27H26O5. The zero-order valence-electron chi connectivity index (χ0n) is 17.9. The lowest BCUT2D eigenvalue weighted by atomic mass is 9.90. The highest BCUT2D eigenvalue weighted by molar-refractivity contribution is 5.96. The Morgan fingerprint density at radius 1 is 0.812 bits per heavy atom. The summed E-state index contributed by atoms with van der Waals surface area (Å²) in [5, 5.41) is 2.05. The molecule has 32 heavy (non-hydrogen) atoms. The van der Waals surface area contributed by atoms with Gasteiger partial charge in [0.05, 0.1) is 13.2 Å². The summed E-state index contributed by atoms with van der Waals surface area (Å²) in [6.45, 7) is 4.66. The topological polar surface area (TPSA) is 54.0 Å². The molecule has 1 aliphatic rings. The van der Waals surface area contributed by atoms with Crippen LogP contribution in [-0.2, 0) is 27.1 Å². The van der Waals surface area contributed by atoms with Crippen LogP contribution >= 0.6 is 0 Å². The molecule has 0 radical (unpaired) electrons. The number of benzene rings is 3. The largest absolute Gasteiger partial charge is 0.490 e. The van der Waals surface area contributed by atoms with Crippen molar-refractivity contribution >= 4 is 16.7 Å². The molecule has 0 fully saturated rings. The summed E-state index contributed by atoms with van der Waals surface area (Å²) >= 11 is 0. The van der Waals surface area contributed by atoms with E-state index < -0.39 is 5.97 Å². The zero-order valence-corrected chi connectivity index (χ0v) is 17.9. The van der Waals surface area contributed by atoms with Gasteiger partial charge in [-0.3, -0.25) is 0 Å². The van der Waals surface area contributed by atoms with Gasteiger partial charge < -0.3 is 18.9 Å². The molecule has 4 rings (SSSR count). The highest BCUT2D eigenvalue weighted by Crippen LogP contribution is 2.44. The number of hydrogen-bond acceptors (Lipinski definition) is 5. The first-order chi connectivity index (χ1) is 15.8. The van der Waals surface area contributed by atoms with Crippen LogP contribution in [0.25, 0.3) is 10.8 Å². The van der Waals surface area contributed by atoms with Gasteiger partial charge in [-0.1, -0.05) is 61.2 Å². The molecule has 0 unspecified atom stereocenters. The molecular weight excluding hydrogens is 404 g/mol. The van der Waals surface area contributed by atoms with Crippen molar-refractivity contribution in [2.75, 3.05) is 26.4 Å². The number of hydrogen-bond donors (Lipinski definition) is 0. The highest BCUT2D eigenvalue weighted by atomic mass is 16.6. The fourth-order valence-corrected chi connectivity index (χ4v) is 3.77. The molecule has 3 aromatic carbocycles. The molecule has 0 aromatic heterocycles. The van der Waals surface area contributed by atoms with Crippen molar-refractivity contribution < 1.29 is 23.7 Å². The minimum atomic E-state index is -0.450. The molecule has 0 saturated heterocycles. The van der Waals surface area contributed by atoms with Crippen molar-refractivity contribution in [3.8, 4) is 17.2 Å². The molecule has 3 aromatic rings. The average Bonchev–Trinajstić information content (AvgIpc) is 2.85. The maximum Gasteiger partial charge on any atom is 0.330 e. The van der Waals surface area contributed by atoms with Gasteiger partial charge in [0.15, 0.2) is 0 Å². The summed E-state index contributed by atoms with van der Waals surface area (Å²) < 4.78 is 23.1. The van der Waals surface area contributed by atoms with Crippen LogP contribution in [0, 0.1) is 0 Å². The number of fused-ring (bicyclic) bond motifs is 2. The lowest BCUT2D eigenvalue weighted by Crippen LogP contribution is -2.14. The molecule has 0 saturated carbocycles. The lowest BCUT2D eigenvalue weighted by Gasteiger charge is -2.23. The lowest BCUT2D eigenvalue weighted by molar-refractivity contribution is -0.139. The van der Waals surface area contributed by atoms with E-state index in [1.165, 1.54) is 0 Å². The van der Waals surface area contributed by atoms with E-state index in [1.807, 2.05) is 42.5 Å². The summed E-state index contributed by atoms with van der Waals surface area (Å²) in [6, 6.07) is 18.0. The number of rotatable bonds is 10. The van der Waals surface area contributed by atoms with Gasteiger partial charge in [0, 0.05) is 28.0 Å². The Bertz CT molecular complexity index is 1120. The SMILES string of the molecule is C=CC(=O)OCCOCCOc1c2c(c(Oc3ccccc3)c3ccccc13)CC=CC2. The monoisotopic (exact) mass is 430 g/mol. The molecule has 0 heterocycles. The third-order valence-corrected chi connectivity index (χ3v) is 5.22. The van der Waals surface area contributed by atoms with E-state index >= 15 is 0 Å². The number of esters is 1. The summed E-state index contributed by atoms with van der Waals surface area (Å²) in [5.41, 5.74) is 2.30. The van der Waals surface area contributed by atoms with Crippen molar-refractivity contribution in [1.29, 1.82) is 0 Å². The van der Waals surface area contributed by atoms with Gasteiger partial charge in [0.25, 0.3) is 0 Å². The van der Waals surface area contributed by atoms with E-state index in [9.17, 15) is 4.79 Å². The second-order valence-corrected chi connectivity index (χ2v) is 7.29. The molecule has 164 valence electrons. The molecule has 0 amide bonds. The van der Waals surface area contributed by atoms with Crippen molar-refractivity contribution in [3.05, 3.63) is 90.5 Å². The van der Waals surface area contributed by atoms with E-state index in [0.29, 0.717) is 19.8 Å². The van der Waals surface area contributed by atoms with Crippen molar-refractivity contribution in [2.24, 2.45) is 0 Å². The standard InChI is InChI=1S/C27H26O5/c1-2-25(28)30-18-16-29-17-19-31-26-21-12-6-8-14-23(21)27(24-15-9-7-13-22(24)26)32-20-10-4-3-5-11-20/h2-12,14H,1,13,15-19H2. The molecule has 0 N–H and O–H groups in total. The molecule has 0 spiro atoms. The van der Waals surface area contributed by atoms with E-state index in [0.717, 1.165) is 58.1 Å². The minimum absolute atomic E-state index is 0.194. The predicted octanol–water partition coefficient (Wildman–Crippen LogP) is 5.41. The summed E-state index contributed by atoms with van der Waals surface area (Å²) in [4.78, 5) is 11.1. The number of para-hydroxylation sites is 1. The maximum absolute atomic E-state index is 11.1. The van der Waals surface area contributed by atoms with Crippen LogP contribution in [0.15, 0.2) is 79.4 Å². The first kappa shape index (κ1) is 21.7. The quantitative estimate of drug-likeness (QED) is 0.186. The van der Waals surface area contributed by atoms with E-state index in [-0.39, 0.29) is 6.61 Å². The molecule has 5 nitrogen and oxygen atoms in total. The van der Waals surface area contributed by atoms with E-state index in [4.69, 9.17) is 18.9 Å². The van der Waals surface area contributed by atoms with Crippen LogP contribution in [0.2, 0.25) is 0 Å². The van der Waals surface area contributed by atoms with Crippen molar-refractivity contribution in [1.82, 2.24) is 0 Å². The van der Waals surface area contributed by atoms with Gasteiger partial charge in [0.2, 0.25) is 0 Å². The van der Waals surface area contributed by atoms with Crippen LogP contribution in [-0.4, -0.2) is 32.4 Å². The summed E-state index contributed by atoms with van der Waals surface area (Å²) in [7, 11) is 0. The highest BCUT2D eigenvalue weighted by Gasteiger charge is 2.22. The Morgan fingerprint density at radius 3 is 2.16 bits per heavy atom. The molecule has 5 heteroatoms. The summed E-state index contributed by atoms with van der Waals surface area (Å²) in [6.07, 6.45) is 7.06. The Hall–Kier alpha value is -3.57. The Labute approximate surface area is 187 Å². The third-order valence-electron chi connectivity index (χ3n) is 5.22. The molecule has 0 atom stereocenters. The van der Waals surface area contributed by atoms with Crippen molar-refractivity contribution in [3.63, 3.8) is 0 Å². The van der Waals surface area contributed by atoms with Crippen LogP contribution in [0.5, 0.6) is 17.2 Å². The molecule has 1 aliphatic carbocycles. The van der Waals surface area contributed by atoms with Gasteiger partial charge in [-0.15, -0.1) is 0 Å². The van der Waals surface area contributed by atoms with E-state index in [1.54, 1.807) is 0 Å². The molecule has 0 aliphatic heterocycles. The Balaban J connectivity index is 1.54. The number of ether oxygens (including phenoxy) is 4. The normalized spacial score (nSPS) is 12.2.